The van der Waals surface area contributed by atoms with Gasteiger partial charge in [0.1, 0.15) is 11.1 Å². The van der Waals surface area contributed by atoms with Gasteiger partial charge in [-0.1, -0.05) is 75.6 Å². The van der Waals surface area contributed by atoms with Crippen LogP contribution in [0.5, 0.6) is 0 Å². The zero-order valence-corrected chi connectivity index (χ0v) is 12.9. The normalized spacial score (nSPS) is 14.8. The summed E-state index contributed by atoms with van der Waals surface area (Å²) in [6.07, 6.45) is 11.7. The molecule has 0 bridgehead atoms. The van der Waals surface area contributed by atoms with E-state index in [1.165, 1.54) is 38.5 Å². The van der Waals surface area contributed by atoms with E-state index in [0.29, 0.717) is 0 Å². The zero-order valence-electron chi connectivity index (χ0n) is 11.4. The van der Waals surface area contributed by atoms with Gasteiger partial charge in [-0.3, -0.25) is 0 Å². The Balaban J connectivity index is 3.35. The summed E-state index contributed by atoms with van der Waals surface area (Å²) in [7, 11) is 0. The summed E-state index contributed by atoms with van der Waals surface area (Å²) in [5.74, 6) is 0. The molecular formula is C14H28Cl2O. The highest BCUT2D eigenvalue weighted by Gasteiger charge is 2.11. The lowest BCUT2D eigenvalue weighted by molar-refractivity contribution is 0.0691. The van der Waals surface area contributed by atoms with Crippen LogP contribution in [0.25, 0.3) is 0 Å². The fourth-order valence-corrected chi connectivity index (χ4v) is 2.37. The number of hydrogen-bond donors (Lipinski definition) is 0. The minimum Gasteiger partial charge on any atom is -0.344 e. The van der Waals surface area contributed by atoms with E-state index in [0.717, 1.165) is 25.7 Å². The number of halogens is 2. The molecule has 0 aliphatic carbocycles. The molecule has 2 unspecified atom stereocenters. The van der Waals surface area contributed by atoms with Crippen LogP contribution in [0.1, 0.15) is 78.1 Å². The third-order valence-corrected chi connectivity index (χ3v) is 3.51. The van der Waals surface area contributed by atoms with Crippen molar-refractivity contribution >= 4 is 23.2 Å². The Bertz CT molecular complexity index is 137. The van der Waals surface area contributed by atoms with Crippen molar-refractivity contribution in [3.8, 4) is 0 Å². The fourth-order valence-electron chi connectivity index (χ4n) is 1.76. The summed E-state index contributed by atoms with van der Waals surface area (Å²) in [5, 5.41) is 0. The van der Waals surface area contributed by atoms with Crippen molar-refractivity contribution in [2.45, 2.75) is 89.2 Å². The van der Waals surface area contributed by atoms with Crippen LogP contribution in [0.2, 0.25) is 0 Å². The molecule has 0 heterocycles. The maximum atomic E-state index is 6.09. The van der Waals surface area contributed by atoms with Gasteiger partial charge in [0.15, 0.2) is 0 Å². The lowest BCUT2D eigenvalue weighted by Gasteiger charge is -2.15. The standard InChI is InChI=1S/C14H28Cl2O/c1-3-5-7-9-11-13(15)17-14(16)12-10-8-6-4-2/h13-14H,3-12H2,1-2H3. The van der Waals surface area contributed by atoms with E-state index < -0.39 is 0 Å². The minimum atomic E-state index is -0.208. The van der Waals surface area contributed by atoms with Gasteiger partial charge in [0.25, 0.3) is 0 Å². The van der Waals surface area contributed by atoms with Crippen molar-refractivity contribution < 1.29 is 4.74 Å². The van der Waals surface area contributed by atoms with Crippen LogP contribution in [-0.2, 0) is 4.74 Å². The fraction of sp³-hybridized carbons (Fsp3) is 1.00. The second kappa shape index (κ2) is 13.0. The quantitative estimate of drug-likeness (QED) is 0.312. The largest absolute Gasteiger partial charge is 0.344 e. The topological polar surface area (TPSA) is 9.23 Å². The highest BCUT2D eigenvalue weighted by Crippen LogP contribution is 2.18. The Kier molecular flexibility index (Phi) is 13.4. The van der Waals surface area contributed by atoms with E-state index >= 15 is 0 Å². The van der Waals surface area contributed by atoms with Crippen molar-refractivity contribution in [1.82, 2.24) is 0 Å². The molecule has 0 aliphatic heterocycles. The molecule has 0 aromatic heterocycles. The van der Waals surface area contributed by atoms with E-state index in [2.05, 4.69) is 13.8 Å². The number of alkyl halides is 2. The van der Waals surface area contributed by atoms with Crippen LogP contribution in [0.15, 0.2) is 0 Å². The molecular weight excluding hydrogens is 255 g/mol. The first kappa shape index (κ1) is 17.5. The van der Waals surface area contributed by atoms with Gasteiger partial charge < -0.3 is 4.74 Å². The maximum absolute atomic E-state index is 6.09. The van der Waals surface area contributed by atoms with Gasteiger partial charge in [-0.15, -0.1) is 0 Å². The van der Waals surface area contributed by atoms with Gasteiger partial charge in [-0.25, -0.2) is 0 Å². The van der Waals surface area contributed by atoms with Crippen LogP contribution in [0, 0.1) is 0 Å². The van der Waals surface area contributed by atoms with Gasteiger partial charge in [-0.05, 0) is 25.7 Å². The molecule has 17 heavy (non-hydrogen) atoms. The Morgan fingerprint density at radius 1 is 0.706 bits per heavy atom. The van der Waals surface area contributed by atoms with E-state index in [-0.39, 0.29) is 11.1 Å². The molecule has 0 aromatic rings. The monoisotopic (exact) mass is 282 g/mol. The number of ether oxygens (including phenoxy) is 1. The van der Waals surface area contributed by atoms with E-state index in [9.17, 15) is 0 Å². The van der Waals surface area contributed by atoms with Crippen LogP contribution in [0.3, 0.4) is 0 Å². The molecule has 0 spiro atoms. The molecule has 0 N–H and O–H groups in total. The van der Waals surface area contributed by atoms with Gasteiger partial charge in [0.2, 0.25) is 0 Å². The molecule has 104 valence electrons. The lowest BCUT2D eigenvalue weighted by Crippen LogP contribution is -2.13. The zero-order chi connectivity index (χ0) is 12.9. The molecule has 0 rings (SSSR count). The number of rotatable bonds is 12. The Morgan fingerprint density at radius 2 is 1.12 bits per heavy atom. The van der Waals surface area contributed by atoms with Crippen molar-refractivity contribution in [2.75, 3.05) is 0 Å². The lowest BCUT2D eigenvalue weighted by atomic mass is 10.1. The predicted molar refractivity (Wildman–Crippen MR) is 77.9 cm³/mol. The summed E-state index contributed by atoms with van der Waals surface area (Å²) in [6, 6.07) is 0. The van der Waals surface area contributed by atoms with Gasteiger partial charge in [0, 0.05) is 0 Å². The average molecular weight is 283 g/mol. The highest BCUT2D eigenvalue weighted by molar-refractivity contribution is 6.21. The summed E-state index contributed by atoms with van der Waals surface area (Å²) < 4.78 is 5.54. The first-order chi connectivity index (χ1) is 8.20. The maximum Gasteiger partial charge on any atom is 0.133 e. The number of hydrogen-bond acceptors (Lipinski definition) is 1. The molecule has 0 fully saturated rings. The Labute approximate surface area is 117 Å². The van der Waals surface area contributed by atoms with Gasteiger partial charge in [-0.2, -0.15) is 0 Å². The van der Waals surface area contributed by atoms with Crippen LogP contribution >= 0.6 is 23.2 Å². The molecule has 0 saturated carbocycles. The first-order valence-corrected chi connectivity index (χ1v) is 8.01. The molecule has 1 nitrogen and oxygen atoms in total. The van der Waals surface area contributed by atoms with Gasteiger partial charge in [0.05, 0.1) is 0 Å². The van der Waals surface area contributed by atoms with E-state index in [1.54, 1.807) is 0 Å². The Morgan fingerprint density at radius 3 is 1.47 bits per heavy atom. The van der Waals surface area contributed by atoms with Crippen LogP contribution in [0.4, 0.5) is 0 Å². The summed E-state index contributed by atoms with van der Waals surface area (Å²) >= 11 is 12.2. The SMILES string of the molecule is CCCCCCC(Cl)OC(Cl)CCCCCC. The van der Waals surface area contributed by atoms with Crippen LogP contribution in [-0.4, -0.2) is 11.1 Å². The second-order valence-corrected chi connectivity index (χ2v) is 5.63. The molecule has 0 radical (unpaired) electrons. The molecule has 0 amide bonds. The van der Waals surface area contributed by atoms with Crippen molar-refractivity contribution in [3.05, 3.63) is 0 Å². The van der Waals surface area contributed by atoms with Gasteiger partial charge >= 0.3 is 0 Å². The molecule has 0 aromatic carbocycles. The summed E-state index contributed by atoms with van der Waals surface area (Å²) in [5.41, 5.74) is -0.416. The van der Waals surface area contributed by atoms with E-state index in [1.807, 2.05) is 0 Å². The molecule has 2 atom stereocenters. The molecule has 0 aliphatic rings. The van der Waals surface area contributed by atoms with E-state index in [4.69, 9.17) is 27.9 Å². The van der Waals surface area contributed by atoms with Crippen molar-refractivity contribution in [1.29, 1.82) is 0 Å². The minimum absolute atomic E-state index is 0.208. The number of unbranched alkanes of at least 4 members (excludes halogenated alkanes) is 6. The summed E-state index contributed by atoms with van der Waals surface area (Å²) in [4.78, 5) is 0. The average Bonchev–Trinajstić information content (AvgIpc) is 2.30. The Hall–Kier alpha value is 0.540. The molecule has 0 saturated heterocycles. The molecule has 3 heteroatoms. The summed E-state index contributed by atoms with van der Waals surface area (Å²) in [6.45, 7) is 4.42. The second-order valence-electron chi connectivity index (χ2n) is 4.65. The van der Waals surface area contributed by atoms with Crippen LogP contribution < -0.4 is 0 Å². The third-order valence-electron chi connectivity index (χ3n) is 2.86. The predicted octanol–water partition coefficient (Wildman–Crippen LogP) is 6.07. The van der Waals surface area contributed by atoms with Crippen molar-refractivity contribution in [2.24, 2.45) is 0 Å². The van der Waals surface area contributed by atoms with Crippen molar-refractivity contribution in [3.63, 3.8) is 0 Å². The third kappa shape index (κ3) is 12.8. The smallest absolute Gasteiger partial charge is 0.133 e. The highest BCUT2D eigenvalue weighted by atomic mass is 35.5. The first-order valence-electron chi connectivity index (χ1n) is 7.14.